The number of carbonyl (C=O) groups is 1. The van der Waals surface area contributed by atoms with Gasteiger partial charge in [-0.3, -0.25) is 9.63 Å². The van der Waals surface area contributed by atoms with Crippen LogP contribution in [0.2, 0.25) is 0 Å². The first-order chi connectivity index (χ1) is 9.45. The second-order valence-electron chi connectivity index (χ2n) is 4.65. The van der Waals surface area contributed by atoms with E-state index in [0.29, 0.717) is 12.5 Å². The van der Waals surface area contributed by atoms with Gasteiger partial charge < -0.3 is 5.73 Å². The van der Waals surface area contributed by atoms with Gasteiger partial charge in [-0.1, -0.05) is 6.92 Å². The number of amides is 1. The second kappa shape index (κ2) is 5.80. The van der Waals surface area contributed by atoms with Gasteiger partial charge in [-0.2, -0.15) is 0 Å². The first kappa shape index (κ1) is 14.8. The van der Waals surface area contributed by atoms with Crippen LogP contribution in [0, 0.1) is 17.5 Å². The summed E-state index contributed by atoms with van der Waals surface area (Å²) < 4.78 is 39.8. The van der Waals surface area contributed by atoms with Crippen molar-refractivity contribution in [3.05, 3.63) is 35.1 Å². The molecule has 7 heteroatoms. The van der Waals surface area contributed by atoms with Crippen molar-refractivity contribution in [3.63, 3.8) is 0 Å². The topological polar surface area (TPSA) is 55.6 Å². The number of carbonyl (C=O) groups excluding carboxylic acids is 1. The molecule has 1 saturated heterocycles. The number of hydrogen-bond donors (Lipinski definition) is 1. The van der Waals surface area contributed by atoms with Gasteiger partial charge in [-0.15, -0.1) is 0 Å². The van der Waals surface area contributed by atoms with Crippen molar-refractivity contribution >= 4 is 5.91 Å². The molecule has 0 radical (unpaired) electrons. The predicted molar refractivity (Wildman–Crippen MR) is 64.7 cm³/mol. The van der Waals surface area contributed by atoms with E-state index < -0.39 is 29.5 Å². The van der Waals surface area contributed by atoms with Crippen molar-refractivity contribution in [2.24, 2.45) is 5.73 Å². The van der Waals surface area contributed by atoms with Crippen molar-refractivity contribution in [2.75, 3.05) is 6.61 Å². The lowest BCUT2D eigenvalue weighted by Gasteiger charge is -2.22. The Balaban J connectivity index is 2.23. The Morgan fingerprint density at radius 3 is 2.65 bits per heavy atom. The molecule has 0 bridgehead atoms. The van der Waals surface area contributed by atoms with Crippen LogP contribution in [0.5, 0.6) is 0 Å². The van der Waals surface area contributed by atoms with Crippen LogP contribution in [0.4, 0.5) is 13.2 Å². The molecule has 1 aromatic carbocycles. The maximum Gasteiger partial charge on any atom is 0.247 e. The molecule has 1 heterocycles. The minimum atomic E-state index is -1.27. The molecule has 0 aromatic heterocycles. The molecular weight excluding hydrogens is 273 g/mol. The van der Waals surface area contributed by atoms with Crippen molar-refractivity contribution in [2.45, 2.75) is 31.8 Å². The summed E-state index contributed by atoms with van der Waals surface area (Å²) in [6, 6.07) is 1.22. The van der Waals surface area contributed by atoms with Gasteiger partial charge in [0.25, 0.3) is 0 Å². The summed E-state index contributed by atoms with van der Waals surface area (Å²) in [6.45, 7) is 1.77. The molecule has 110 valence electrons. The lowest BCUT2D eigenvalue weighted by molar-refractivity contribution is -0.176. The Labute approximate surface area is 114 Å². The predicted octanol–water partition coefficient (Wildman–Crippen LogP) is 2.05. The molecule has 1 aromatic rings. The van der Waals surface area contributed by atoms with Gasteiger partial charge in [0.1, 0.15) is 12.0 Å². The van der Waals surface area contributed by atoms with Gasteiger partial charge in [0.05, 0.1) is 6.61 Å². The summed E-state index contributed by atoms with van der Waals surface area (Å²) in [5.74, 6) is -4.38. The summed E-state index contributed by atoms with van der Waals surface area (Å²) in [6.07, 6.45) is -0.0514. The van der Waals surface area contributed by atoms with E-state index >= 15 is 0 Å². The molecule has 2 N–H and O–H groups in total. The average Bonchev–Trinajstić information content (AvgIpc) is 2.76. The lowest BCUT2D eigenvalue weighted by Crippen LogP contribution is -2.42. The minimum Gasteiger partial charge on any atom is -0.309 e. The van der Waals surface area contributed by atoms with Crippen LogP contribution in [-0.2, 0) is 9.63 Å². The monoisotopic (exact) mass is 288 g/mol. The van der Waals surface area contributed by atoms with Crippen molar-refractivity contribution in [3.8, 4) is 0 Å². The third-order valence-electron chi connectivity index (χ3n) is 3.22. The Bertz CT molecular complexity index is 525. The summed E-state index contributed by atoms with van der Waals surface area (Å²) >= 11 is 0. The first-order valence-corrected chi connectivity index (χ1v) is 6.30. The third-order valence-corrected chi connectivity index (χ3v) is 3.22. The molecule has 1 amide bonds. The van der Waals surface area contributed by atoms with E-state index in [1.54, 1.807) is 0 Å². The number of rotatable bonds is 3. The van der Waals surface area contributed by atoms with Crippen molar-refractivity contribution < 1.29 is 22.8 Å². The zero-order valence-electron chi connectivity index (χ0n) is 10.9. The van der Waals surface area contributed by atoms with Gasteiger partial charge in [0.15, 0.2) is 11.6 Å². The second-order valence-corrected chi connectivity index (χ2v) is 4.65. The SMILES string of the molecule is CCCC(=O)N1OCC(c2cc(F)c(F)cc2F)C1N. The summed E-state index contributed by atoms with van der Waals surface area (Å²) in [7, 11) is 0. The zero-order chi connectivity index (χ0) is 14.9. The van der Waals surface area contributed by atoms with E-state index in [1.165, 1.54) is 0 Å². The number of nitrogens with zero attached hydrogens (tertiary/aromatic N) is 1. The minimum absolute atomic E-state index is 0.0569. The first-order valence-electron chi connectivity index (χ1n) is 6.30. The molecule has 0 spiro atoms. The van der Waals surface area contributed by atoms with Crippen LogP contribution in [0.3, 0.4) is 0 Å². The fraction of sp³-hybridized carbons (Fsp3) is 0.462. The van der Waals surface area contributed by atoms with Crippen LogP contribution >= 0.6 is 0 Å². The molecule has 20 heavy (non-hydrogen) atoms. The third kappa shape index (κ3) is 2.64. The average molecular weight is 288 g/mol. The number of nitrogens with two attached hydrogens (primary N) is 1. The van der Waals surface area contributed by atoms with E-state index in [0.717, 1.165) is 11.1 Å². The molecule has 4 nitrogen and oxygen atoms in total. The highest BCUT2D eigenvalue weighted by Crippen LogP contribution is 2.31. The standard InChI is InChI=1S/C13H15F3N2O2/c1-2-3-12(19)18-13(17)8(6-20-18)7-4-10(15)11(16)5-9(7)14/h4-5,8,13H,2-3,6,17H2,1H3. The molecule has 2 unspecified atom stereocenters. The number of hydrogen-bond acceptors (Lipinski definition) is 3. The molecule has 1 aliphatic heterocycles. The Kier molecular flexibility index (Phi) is 4.29. The largest absolute Gasteiger partial charge is 0.309 e. The van der Waals surface area contributed by atoms with Crippen LogP contribution in [0.25, 0.3) is 0 Å². The molecule has 1 fully saturated rings. The van der Waals surface area contributed by atoms with Gasteiger partial charge >= 0.3 is 0 Å². The highest BCUT2D eigenvalue weighted by molar-refractivity contribution is 5.75. The lowest BCUT2D eigenvalue weighted by atomic mass is 9.97. The summed E-state index contributed by atoms with van der Waals surface area (Å²) in [5.41, 5.74) is 5.75. The maximum atomic E-state index is 13.7. The molecule has 2 rings (SSSR count). The van der Waals surface area contributed by atoms with Gasteiger partial charge in [0, 0.05) is 18.4 Å². The van der Waals surface area contributed by atoms with E-state index in [9.17, 15) is 18.0 Å². The van der Waals surface area contributed by atoms with Gasteiger partial charge in [-0.25, -0.2) is 18.2 Å². The van der Waals surface area contributed by atoms with Crippen LogP contribution in [-0.4, -0.2) is 23.7 Å². The zero-order valence-corrected chi connectivity index (χ0v) is 10.9. The van der Waals surface area contributed by atoms with E-state index in [1.807, 2.05) is 6.92 Å². The molecule has 2 atom stereocenters. The highest BCUT2D eigenvalue weighted by atomic mass is 19.2. The Morgan fingerprint density at radius 2 is 2.00 bits per heavy atom. The maximum absolute atomic E-state index is 13.7. The molecule has 0 saturated carbocycles. The Hall–Kier alpha value is -1.60. The molecule has 1 aliphatic rings. The van der Waals surface area contributed by atoms with E-state index in [-0.39, 0.29) is 24.5 Å². The van der Waals surface area contributed by atoms with E-state index in [4.69, 9.17) is 10.6 Å². The summed E-state index contributed by atoms with van der Waals surface area (Å²) in [5, 5.41) is 0.981. The van der Waals surface area contributed by atoms with Crippen LogP contribution in [0.15, 0.2) is 12.1 Å². The van der Waals surface area contributed by atoms with Crippen LogP contribution < -0.4 is 5.73 Å². The number of hydroxylamine groups is 2. The number of halogens is 3. The van der Waals surface area contributed by atoms with Crippen molar-refractivity contribution in [1.29, 1.82) is 0 Å². The van der Waals surface area contributed by atoms with Crippen molar-refractivity contribution in [1.82, 2.24) is 5.06 Å². The van der Waals surface area contributed by atoms with E-state index in [2.05, 4.69) is 0 Å². The van der Waals surface area contributed by atoms with Gasteiger partial charge in [0.2, 0.25) is 5.91 Å². The molecule has 0 aliphatic carbocycles. The fourth-order valence-corrected chi connectivity index (χ4v) is 2.17. The molecular formula is C13H15F3N2O2. The number of benzene rings is 1. The quantitative estimate of drug-likeness (QED) is 0.866. The highest BCUT2D eigenvalue weighted by Gasteiger charge is 2.38. The fourth-order valence-electron chi connectivity index (χ4n) is 2.17. The van der Waals surface area contributed by atoms with Crippen LogP contribution in [0.1, 0.15) is 31.2 Å². The van der Waals surface area contributed by atoms with Gasteiger partial charge in [-0.05, 0) is 18.1 Å². The Morgan fingerprint density at radius 1 is 1.35 bits per heavy atom. The normalized spacial score (nSPS) is 22.4. The summed E-state index contributed by atoms with van der Waals surface area (Å²) in [4.78, 5) is 16.9. The smallest absolute Gasteiger partial charge is 0.247 e.